The van der Waals surface area contributed by atoms with Gasteiger partial charge in [-0.25, -0.2) is 0 Å². The highest BCUT2D eigenvalue weighted by atomic mass is 16.1. The second kappa shape index (κ2) is 8.43. The Morgan fingerprint density at radius 3 is 2.46 bits per heavy atom. The van der Waals surface area contributed by atoms with E-state index in [0.717, 1.165) is 27.9 Å². The number of Topliss-reactive ketones (excluding diaryl/α,β-unsaturated/α-hetero) is 1. The van der Waals surface area contributed by atoms with Gasteiger partial charge in [0, 0.05) is 23.5 Å². The number of hydrogen-bond acceptors (Lipinski definition) is 2. The van der Waals surface area contributed by atoms with Crippen LogP contribution in [0.3, 0.4) is 0 Å². The highest BCUT2D eigenvalue weighted by Crippen LogP contribution is 2.25. The van der Waals surface area contributed by atoms with Gasteiger partial charge in [0.05, 0.1) is 11.4 Å². The summed E-state index contributed by atoms with van der Waals surface area (Å²) in [5.41, 5.74) is 6.54. The first kappa shape index (κ1) is 19.4. The number of allylic oxidation sites excluding steroid dienone is 7. The lowest BCUT2D eigenvalue weighted by Gasteiger charge is -2.05. The number of aromatic amines is 1. The second-order valence-electron chi connectivity index (χ2n) is 6.29. The van der Waals surface area contributed by atoms with Crippen LogP contribution in [0.25, 0.3) is 16.5 Å². The molecule has 0 aliphatic heterocycles. The summed E-state index contributed by atoms with van der Waals surface area (Å²) in [5, 5.41) is 1.10. The van der Waals surface area contributed by atoms with Crippen molar-refractivity contribution in [2.75, 3.05) is 7.05 Å². The molecule has 1 heterocycles. The molecule has 1 N–H and O–H groups in total. The summed E-state index contributed by atoms with van der Waals surface area (Å²) in [6.45, 7) is 11.5. The highest BCUT2D eigenvalue weighted by Gasteiger charge is 2.13. The van der Waals surface area contributed by atoms with Crippen molar-refractivity contribution in [3.63, 3.8) is 0 Å². The average molecular weight is 346 g/mol. The summed E-state index contributed by atoms with van der Waals surface area (Å²) >= 11 is 0. The van der Waals surface area contributed by atoms with E-state index in [4.69, 9.17) is 0 Å². The number of H-pyrrole nitrogens is 1. The number of aryl methyl sites for hydroxylation is 2. The van der Waals surface area contributed by atoms with Crippen LogP contribution in [0.4, 0.5) is 0 Å². The van der Waals surface area contributed by atoms with Gasteiger partial charge in [-0.2, -0.15) is 0 Å². The van der Waals surface area contributed by atoms with Gasteiger partial charge in [0.15, 0.2) is 5.78 Å². The zero-order valence-corrected chi connectivity index (χ0v) is 16.2. The maximum absolute atomic E-state index is 12.3. The quantitative estimate of drug-likeness (QED) is 0.418. The lowest BCUT2D eigenvalue weighted by molar-refractivity contribution is -0.111. The molecule has 3 heteroatoms. The van der Waals surface area contributed by atoms with E-state index in [9.17, 15) is 4.79 Å². The maximum Gasteiger partial charge on any atom is 0.161 e. The fourth-order valence-electron chi connectivity index (χ4n) is 2.86. The fraction of sp³-hybridized carbons (Fsp3) is 0.217. The summed E-state index contributed by atoms with van der Waals surface area (Å²) in [6, 6.07) is 6.28. The number of hydrogen-bond donors (Lipinski definition) is 1. The Hall–Kier alpha value is -2.94. The number of nitrogens with one attached hydrogen (secondary N) is 1. The van der Waals surface area contributed by atoms with E-state index in [-0.39, 0.29) is 5.78 Å². The first-order valence-electron chi connectivity index (χ1n) is 8.66. The maximum atomic E-state index is 12.3. The van der Waals surface area contributed by atoms with Crippen molar-refractivity contribution in [1.82, 2.24) is 4.98 Å². The van der Waals surface area contributed by atoms with Crippen molar-refractivity contribution >= 4 is 28.0 Å². The van der Waals surface area contributed by atoms with Crippen LogP contribution in [0.1, 0.15) is 30.7 Å². The lowest BCUT2D eigenvalue weighted by atomic mass is 10.0. The third kappa shape index (κ3) is 4.17. The number of aliphatic imine (C=N–C) groups is 1. The monoisotopic (exact) mass is 346 g/mol. The summed E-state index contributed by atoms with van der Waals surface area (Å²) < 4.78 is 0. The topological polar surface area (TPSA) is 45.2 Å². The molecular formula is C23H26N2O. The van der Waals surface area contributed by atoms with Crippen LogP contribution < -0.4 is 0 Å². The molecule has 0 saturated heterocycles. The van der Waals surface area contributed by atoms with Crippen LogP contribution >= 0.6 is 0 Å². The number of benzene rings is 1. The largest absolute Gasteiger partial charge is 0.354 e. The van der Waals surface area contributed by atoms with Crippen LogP contribution in [-0.2, 0) is 4.79 Å². The van der Waals surface area contributed by atoms with Gasteiger partial charge in [0.1, 0.15) is 0 Å². The Morgan fingerprint density at radius 1 is 1.19 bits per heavy atom. The third-order valence-electron chi connectivity index (χ3n) is 4.37. The first-order valence-corrected chi connectivity index (χ1v) is 8.66. The molecule has 0 radical (unpaired) electrons. The smallest absolute Gasteiger partial charge is 0.161 e. The van der Waals surface area contributed by atoms with E-state index in [1.54, 1.807) is 20.0 Å². The van der Waals surface area contributed by atoms with E-state index >= 15 is 0 Å². The molecule has 2 aromatic rings. The molecule has 134 valence electrons. The summed E-state index contributed by atoms with van der Waals surface area (Å²) in [7, 11) is 1.72. The van der Waals surface area contributed by atoms with Crippen molar-refractivity contribution in [1.29, 1.82) is 0 Å². The van der Waals surface area contributed by atoms with E-state index in [1.165, 1.54) is 11.1 Å². The van der Waals surface area contributed by atoms with Crippen LogP contribution in [0, 0.1) is 13.8 Å². The van der Waals surface area contributed by atoms with Crippen LogP contribution in [0.15, 0.2) is 65.7 Å². The number of carbonyl (C=O) groups excluding carboxylic acids is 1. The van der Waals surface area contributed by atoms with E-state index in [0.29, 0.717) is 5.57 Å². The molecule has 26 heavy (non-hydrogen) atoms. The highest BCUT2D eigenvalue weighted by molar-refractivity contribution is 6.27. The van der Waals surface area contributed by atoms with Crippen LogP contribution in [-0.4, -0.2) is 23.5 Å². The summed E-state index contributed by atoms with van der Waals surface area (Å²) in [5.74, 6) is -0.00965. The van der Waals surface area contributed by atoms with E-state index in [2.05, 4.69) is 42.5 Å². The molecular weight excluding hydrogens is 320 g/mol. The van der Waals surface area contributed by atoms with Crippen molar-refractivity contribution in [2.45, 2.75) is 27.7 Å². The van der Waals surface area contributed by atoms with Crippen molar-refractivity contribution in [3.05, 3.63) is 77.6 Å². The van der Waals surface area contributed by atoms with Gasteiger partial charge >= 0.3 is 0 Å². The number of rotatable bonds is 6. The molecule has 0 amide bonds. The molecule has 0 aliphatic rings. The van der Waals surface area contributed by atoms with Crippen molar-refractivity contribution in [3.8, 4) is 0 Å². The van der Waals surface area contributed by atoms with Crippen LogP contribution in [0.2, 0.25) is 0 Å². The summed E-state index contributed by atoms with van der Waals surface area (Å²) in [4.78, 5) is 20.1. The number of ketones is 1. The molecule has 0 aliphatic carbocycles. The zero-order chi connectivity index (χ0) is 19.3. The molecule has 0 bridgehead atoms. The SMILES string of the molecule is C=C/C=C(\C=C/C)C(/C=C(\C(C)=O)c1cc2cc(C)c(C)cc2[nH]1)=NC. The predicted octanol–water partition coefficient (Wildman–Crippen LogP) is 5.52. The van der Waals surface area contributed by atoms with E-state index < -0.39 is 0 Å². The summed E-state index contributed by atoms with van der Waals surface area (Å²) in [6.07, 6.45) is 9.33. The number of fused-ring (bicyclic) bond motifs is 1. The fourth-order valence-corrected chi connectivity index (χ4v) is 2.86. The Kier molecular flexibility index (Phi) is 6.29. The van der Waals surface area contributed by atoms with Crippen molar-refractivity contribution in [2.24, 2.45) is 4.99 Å². The molecule has 0 fully saturated rings. The number of carbonyl (C=O) groups is 1. The molecule has 0 spiro atoms. The second-order valence-corrected chi connectivity index (χ2v) is 6.29. The Labute approximate surface area is 155 Å². The third-order valence-corrected chi connectivity index (χ3v) is 4.37. The molecule has 0 unspecified atom stereocenters. The number of aromatic nitrogens is 1. The van der Waals surface area contributed by atoms with Gasteiger partial charge in [-0.1, -0.05) is 30.9 Å². The van der Waals surface area contributed by atoms with Gasteiger partial charge in [-0.3, -0.25) is 9.79 Å². The molecule has 2 rings (SSSR count). The van der Waals surface area contributed by atoms with Crippen molar-refractivity contribution < 1.29 is 4.79 Å². The Morgan fingerprint density at radius 2 is 1.88 bits per heavy atom. The lowest BCUT2D eigenvalue weighted by Crippen LogP contribution is -2.04. The molecule has 1 aromatic carbocycles. The predicted molar refractivity (Wildman–Crippen MR) is 113 cm³/mol. The molecule has 1 aromatic heterocycles. The molecule has 3 nitrogen and oxygen atoms in total. The molecule has 0 atom stereocenters. The standard InChI is InChI=1S/C23H26N2O/c1-7-9-18(10-8-2)21(24-6)14-20(17(5)26)23-13-19-11-15(3)16(4)12-22(19)25-23/h7-14,25H,1H2,2-6H3/b10-8-,18-9+,20-14+,24-21?. The Balaban J connectivity index is 2.61. The van der Waals surface area contributed by atoms with Gasteiger partial charge < -0.3 is 4.98 Å². The minimum absolute atomic E-state index is 0.00965. The van der Waals surface area contributed by atoms with Gasteiger partial charge in [0.25, 0.3) is 0 Å². The Bertz CT molecular complexity index is 926. The minimum atomic E-state index is -0.00965. The zero-order valence-electron chi connectivity index (χ0n) is 16.2. The normalized spacial score (nSPS) is 13.7. The van der Waals surface area contributed by atoms with Crippen LogP contribution in [0.5, 0.6) is 0 Å². The van der Waals surface area contributed by atoms with E-state index in [1.807, 2.05) is 37.3 Å². The average Bonchev–Trinajstić information content (AvgIpc) is 2.98. The number of nitrogens with zero attached hydrogens (tertiary/aromatic N) is 1. The first-order chi connectivity index (χ1) is 12.4. The minimum Gasteiger partial charge on any atom is -0.354 e. The molecule has 0 saturated carbocycles. The van der Waals surface area contributed by atoms with Gasteiger partial charge in [-0.05, 0) is 68.7 Å². The van der Waals surface area contributed by atoms with Gasteiger partial charge in [0.2, 0.25) is 0 Å². The van der Waals surface area contributed by atoms with Gasteiger partial charge in [-0.15, -0.1) is 0 Å².